The van der Waals surface area contributed by atoms with Crippen LogP contribution in [0.1, 0.15) is 25.8 Å². The summed E-state index contributed by atoms with van der Waals surface area (Å²) in [6.07, 6.45) is 2.28. The van der Waals surface area contributed by atoms with E-state index in [9.17, 15) is 5.11 Å². The number of fused-ring (bicyclic) bond motifs is 1. The first-order chi connectivity index (χ1) is 12.5. The van der Waals surface area contributed by atoms with Gasteiger partial charge in [0, 0.05) is 42.2 Å². The molecule has 0 aliphatic carbocycles. The zero-order valence-electron chi connectivity index (χ0n) is 15.2. The molecule has 5 heteroatoms. The van der Waals surface area contributed by atoms with Gasteiger partial charge in [-0.1, -0.05) is 55.8 Å². The third-order valence-corrected chi connectivity index (χ3v) is 5.75. The molecule has 1 aliphatic rings. The van der Waals surface area contributed by atoms with Crippen molar-refractivity contribution in [2.75, 3.05) is 13.1 Å². The molecule has 1 fully saturated rings. The number of rotatable bonds is 3. The molecule has 136 valence electrons. The van der Waals surface area contributed by atoms with Crippen molar-refractivity contribution in [2.24, 2.45) is 5.41 Å². The monoisotopic (exact) mass is 369 g/mol. The summed E-state index contributed by atoms with van der Waals surface area (Å²) in [4.78, 5) is 10.2. The first-order valence-corrected chi connectivity index (χ1v) is 9.44. The Balaban J connectivity index is 1.78. The maximum Gasteiger partial charge on any atom is 0.138 e. The minimum Gasteiger partial charge on any atom is -0.392 e. The summed E-state index contributed by atoms with van der Waals surface area (Å²) in [5.74, 6) is 0. The fourth-order valence-electron chi connectivity index (χ4n) is 3.99. The number of nitrogens with one attached hydrogen (secondary N) is 1. The smallest absolute Gasteiger partial charge is 0.138 e. The highest BCUT2D eigenvalue weighted by Gasteiger charge is 2.35. The van der Waals surface area contributed by atoms with E-state index in [-0.39, 0.29) is 11.5 Å². The van der Waals surface area contributed by atoms with E-state index in [2.05, 4.69) is 40.8 Å². The van der Waals surface area contributed by atoms with Gasteiger partial charge in [-0.3, -0.25) is 4.90 Å². The average Bonchev–Trinajstić information content (AvgIpc) is 2.98. The number of benzene rings is 1. The van der Waals surface area contributed by atoms with Crippen LogP contribution in [0.25, 0.3) is 22.2 Å². The Morgan fingerprint density at radius 3 is 2.77 bits per heavy atom. The van der Waals surface area contributed by atoms with Gasteiger partial charge < -0.3 is 10.1 Å². The molecule has 0 spiro atoms. The van der Waals surface area contributed by atoms with E-state index in [1.54, 1.807) is 6.20 Å². The Hall–Kier alpha value is -1.88. The van der Waals surface area contributed by atoms with Crippen LogP contribution in [-0.2, 0) is 6.54 Å². The number of likely N-dealkylation sites (tertiary alicyclic amines) is 1. The molecule has 1 aliphatic heterocycles. The van der Waals surface area contributed by atoms with Crippen LogP contribution in [0.4, 0.5) is 0 Å². The van der Waals surface area contributed by atoms with Crippen molar-refractivity contribution in [1.82, 2.24) is 14.9 Å². The maximum absolute atomic E-state index is 10.3. The van der Waals surface area contributed by atoms with Crippen LogP contribution < -0.4 is 0 Å². The van der Waals surface area contributed by atoms with Crippen molar-refractivity contribution in [1.29, 1.82) is 0 Å². The Morgan fingerprint density at radius 2 is 2.04 bits per heavy atom. The van der Waals surface area contributed by atoms with E-state index in [0.29, 0.717) is 5.15 Å². The number of pyridine rings is 1. The van der Waals surface area contributed by atoms with Gasteiger partial charge in [0.25, 0.3) is 0 Å². The van der Waals surface area contributed by atoms with E-state index < -0.39 is 0 Å². The number of piperidine rings is 1. The van der Waals surface area contributed by atoms with Crippen molar-refractivity contribution >= 4 is 22.5 Å². The molecule has 4 nitrogen and oxygen atoms in total. The zero-order valence-corrected chi connectivity index (χ0v) is 15.9. The van der Waals surface area contributed by atoms with Crippen LogP contribution >= 0.6 is 11.6 Å². The van der Waals surface area contributed by atoms with E-state index >= 15 is 0 Å². The largest absolute Gasteiger partial charge is 0.392 e. The minimum atomic E-state index is -0.249. The third-order valence-electron chi connectivity index (χ3n) is 5.46. The predicted octanol–water partition coefficient (Wildman–Crippen LogP) is 4.48. The van der Waals surface area contributed by atoms with Gasteiger partial charge in [-0.05, 0) is 18.1 Å². The van der Waals surface area contributed by atoms with Gasteiger partial charge in [0.1, 0.15) is 5.15 Å². The fraction of sp³-hybridized carbons (Fsp3) is 0.381. The normalized spacial score (nSPS) is 20.5. The van der Waals surface area contributed by atoms with Crippen molar-refractivity contribution in [3.05, 3.63) is 53.3 Å². The average molecular weight is 370 g/mol. The molecule has 1 atom stereocenters. The lowest BCUT2D eigenvalue weighted by Gasteiger charge is -2.41. The molecular formula is C21H24ClN3O. The second kappa shape index (κ2) is 6.69. The molecule has 3 heterocycles. The lowest BCUT2D eigenvalue weighted by Crippen LogP contribution is -2.48. The number of aromatic nitrogens is 2. The molecule has 0 amide bonds. The quantitative estimate of drug-likeness (QED) is 0.669. The fourth-order valence-corrected chi connectivity index (χ4v) is 4.26. The number of H-pyrrole nitrogens is 1. The molecule has 2 aromatic heterocycles. The van der Waals surface area contributed by atoms with E-state index in [4.69, 9.17) is 11.6 Å². The lowest BCUT2D eigenvalue weighted by atomic mass is 9.81. The number of halogens is 1. The number of aliphatic hydroxyl groups excluding tert-OH is 1. The summed E-state index contributed by atoms with van der Waals surface area (Å²) in [5.41, 5.74) is 4.32. The summed E-state index contributed by atoms with van der Waals surface area (Å²) < 4.78 is 0. The molecular weight excluding hydrogens is 346 g/mol. The summed E-state index contributed by atoms with van der Waals surface area (Å²) in [7, 11) is 0. The predicted molar refractivity (Wildman–Crippen MR) is 106 cm³/mol. The lowest BCUT2D eigenvalue weighted by molar-refractivity contribution is -0.0268. The zero-order chi connectivity index (χ0) is 18.3. The summed E-state index contributed by atoms with van der Waals surface area (Å²) >= 11 is 6.47. The van der Waals surface area contributed by atoms with Crippen LogP contribution in [0.5, 0.6) is 0 Å². The SMILES string of the molecule is CC1(C)CN(Cc2c(-c3ccccc3)[nH]c3ccnc(Cl)c23)CCC1O. The van der Waals surface area contributed by atoms with Crippen molar-refractivity contribution in [2.45, 2.75) is 32.9 Å². The molecule has 1 saturated heterocycles. The number of aliphatic hydroxyl groups is 1. The summed E-state index contributed by atoms with van der Waals surface area (Å²) in [6.45, 7) is 6.78. The van der Waals surface area contributed by atoms with Crippen molar-refractivity contribution in [3.63, 3.8) is 0 Å². The Labute approximate surface area is 158 Å². The minimum absolute atomic E-state index is 0.112. The first kappa shape index (κ1) is 17.5. The molecule has 2 N–H and O–H groups in total. The molecule has 0 bridgehead atoms. The van der Waals surface area contributed by atoms with Crippen molar-refractivity contribution in [3.8, 4) is 11.3 Å². The first-order valence-electron chi connectivity index (χ1n) is 9.06. The molecule has 0 radical (unpaired) electrons. The van der Waals surface area contributed by atoms with Gasteiger partial charge in [-0.25, -0.2) is 4.98 Å². The standard InChI is InChI=1S/C21H24ClN3O/c1-21(2)13-25(11-9-17(21)26)12-15-18-16(8-10-23-20(18)22)24-19(15)14-6-4-3-5-7-14/h3-8,10,17,24,26H,9,11-13H2,1-2H3. The molecule has 4 rings (SSSR count). The maximum atomic E-state index is 10.3. The van der Waals surface area contributed by atoms with E-state index in [1.165, 1.54) is 5.56 Å². The summed E-state index contributed by atoms with van der Waals surface area (Å²) in [6, 6.07) is 12.3. The van der Waals surface area contributed by atoms with Gasteiger partial charge in [0.05, 0.1) is 17.3 Å². The second-order valence-electron chi connectivity index (χ2n) is 7.87. The molecule has 26 heavy (non-hydrogen) atoms. The second-order valence-corrected chi connectivity index (χ2v) is 8.23. The van der Waals surface area contributed by atoms with Gasteiger partial charge in [-0.2, -0.15) is 0 Å². The number of hydrogen-bond acceptors (Lipinski definition) is 3. The van der Waals surface area contributed by atoms with Gasteiger partial charge in [-0.15, -0.1) is 0 Å². The highest BCUT2D eigenvalue weighted by Crippen LogP contribution is 2.36. The van der Waals surface area contributed by atoms with Crippen LogP contribution in [0.3, 0.4) is 0 Å². The highest BCUT2D eigenvalue weighted by molar-refractivity contribution is 6.34. The van der Waals surface area contributed by atoms with E-state index in [0.717, 1.165) is 48.2 Å². The van der Waals surface area contributed by atoms with Gasteiger partial charge >= 0.3 is 0 Å². The molecule has 1 aromatic carbocycles. The van der Waals surface area contributed by atoms with Crippen LogP contribution in [0.15, 0.2) is 42.6 Å². The number of aromatic amines is 1. The van der Waals surface area contributed by atoms with Gasteiger partial charge in [0.15, 0.2) is 0 Å². The molecule has 0 saturated carbocycles. The summed E-state index contributed by atoms with van der Waals surface area (Å²) in [5, 5.41) is 11.8. The van der Waals surface area contributed by atoms with Crippen LogP contribution in [-0.4, -0.2) is 39.2 Å². The molecule has 3 aromatic rings. The van der Waals surface area contributed by atoms with Crippen LogP contribution in [0, 0.1) is 5.41 Å². The Bertz CT molecular complexity index is 920. The third kappa shape index (κ3) is 3.13. The van der Waals surface area contributed by atoms with E-state index in [1.807, 2.05) is 24.3 Å². The number of hydrogen-bond donors (Lipinski definition) is 2. The number of nitrogens with zero attached hydrogens (tertiary/aromatic N) is 2. The van der Waals surface area contributed by atoms with Crippen molar-refractivity contribution < 1.29 is 5.11 Å². The van der Waals surface area contributed by atoms with Gasteiger partial charge in [0.2, 0.25) is 0 Å². The Kier molecular flexibility index (Phi) is 4.51. The Morgan fingerprint density at radius 1 is 1.27 bits per heavy atom. The highest BCUT2D eigenvalue weighted by atomic mass is 35.5. The van der Waals surface area contributed by atoms with Crippen LogP contribution in [0.2, 0.25) is 5.15 Å². The topological polar surface area (TPSA) is 52.2 Å². The molecule has 1 unspecified atom stereocenters.